The highest BCUT2D eigenvalue weighted by Gasteiger charge is 1.96. The fourth-order valence-electron chi connectivity index (χ4n) is 1.07. The van der Waals surface area contributed by atoms with E-state index in [4.69, 9.17) is 2.74 Å². The summed E-state index contributed by atoms with van der Waals surface area (Å²) in [6, 6.07) is 7.66. The van der Waals surface area contributed by atoms with Crippen molar-refractivity contribution < 1.29 is 2.74 Å². The number of aryl methyl sites for hydroxylation is 1. The van der Waals surface area contributed by atoms with Gasteiger partial charge in [-0.3, -0.25) is 0 Å². The van der Waals surface area contributed by atoms with Crippen molar-refractivity contribution in [1.82, 2.24) is 0 Å². The summed E-state index contributed by atoms with van der Waals surface area (Å²) < 4.78 is 15.8. The van der Waals surface area contributed by atoms with Crippen molar-refractivity contribution >= 4 is 0 Å². The first-order valence-electron chi connectivity index (χ1n) is 5.01. The molecule has 0 amide bonds. The second-order valence-electron chi connectivity index (χ2n) is 3.17. The molecule has 1 rings (SSSR count). The standard InChI is InChI=1S/C11H16/c1-9(2)7-11-6-4-5-10(3)8-11/h4-6,8-9H,7H2,1-3H3/i7D2. The van der Waals surface area contributed by atoms with Crippen LogP contribution in [0.15, 0.2) is 24.3 Å². The average molecular weight is 150 g/mol. The van der Waals surface area contributed by atoms with Crippen molar-refractivity contribution in [2.24, 2.45) is 5.92 Å². The van der Waals surface area contributed by atoms with Gasteiger partial charge in [0.25, 0.3) is 0 Å². The lowest BCUT2D eigenvalue weighted by Gasteiger charge is -2.04. The van der Waals surface area contributed by atoms with E-state index >= 15 is 0 Å². The van der Waals surface area contributed by atoms with Crippen LogP contribution in [0.1, 0.15) is 27.7 Å². The van der Waals surface area contributed by atoms with E-state index in [0.717, 1.165) is 11.1 Å². The highest BCUT2D eigenvalue weighted by Crippen LogP contribution is 2.09. The number of hydrogen-bond donors (Lipinski definition) is 0. The zero-order valence-corrected chi connectivity index (χ0v) is 7.39. The van der Waals surface area contributed by atoms with Crippen LogP contribution in [-0.2, 0) is 6.37 Å². The minimum absolute atomic E-state index is 0.00861. The molecule has 0 aliphatic heterocycles. The van der Waals surface area contributed by atoms with E-state index in [-0.39, 0.29) is 5.92 Å². The van der Waals surface area contributed by atoms with Crippen molar-refractivity contribution in [2.75, 3.05) is 0 Å². The van der Waals surface area contributed by atoms with E-state index in [1.165, 1.54) is 0 Å². The molecule has 0 heterocycles. The molecular weight excluding hydrogens is 132 g/mol. The minimum atomic E-state index is -1.22. The Kier molecular flexibility index (Phi) is 1.89. The fourth-order valence-corrected chi connectivity index (χ4v) is 1.07. The fraction of sp³-hybridized carbons (Fsp3) is 0.455. The molecule has 0 aliphatic rings. The quantitative estimate of drug-likeness (QED) is 0.607. The monoisotopic (exact) mass is 150 g/mol. The van der Waals surface area contributed by atoms with Crippen LogP contribution in [0.3, 0.4) is 0 Å². The van der Waals surface area contributed by atoms with E-state index in [2.05, 4.69) is 0 Å². The molecule has 0 aliphatic carbocycles. The highest BCUT2D eigenvalue weighted by atomic mass is 14.0. The molecule has 0 saturated heterocycles. The van der Waals surface area contributed by atoms with Crippen LogP contribution in [-0.4, -0.2) is 0 Å². The zero-order valence-electron chi connectivity index (χ0n) is 9.39. The summed E-state index contributed by atoms with van der Waals surface area (Å²) in [7, 11) is 0. The summed E-state index contributed by atoms with van der Waals surface area (Å²) in [5.74, 6) is 0.00861. The Morgan fingerprint density at radius 2 is 2.18 bits per heavy atom. The molecule has 0 heteroatoms. The Bertz CT molecular complexity index is 290. The number of benzene rings is 1. The first kappa shape index (κ1) is 5.82. The SMILES string of the molecule is [2H]C([2H])(c1cccc(C)c1)C(C)C. The van der Waals surface area contributed by atoms with E-state index in [9.17, 15) is 0 Å². The van der Waals surface area contributed by atoms with Crippen LogP contribution in [0.5, 0.6) is 0 Å². The Morgan fingerprint density at radius 1 is 1.45 bits per heavy atom. The third-order valence-corrected chi connectivity index (χ3v) is 1.47. The Morgan fingerprint density at radius 3 is 2.73 bits per heavy atom. The molecule has 1 aromatic rings. The topological polar surface area (TPSA) is 0 Å². The van der Waals surface area contributed by atoms with Crippen LogP contribution in [0.2, 0.25) is 0 Å². The molecule has 0 nitrogen and oxygen atoms in total. The van der Waals surface area contributed by atoms with Gasteiger partial charge in [0.2, 0.25) is 0 Å². The first-order valence-corrected chi connectivity index (χ1v) is 4.01. The molecular formula is C11H16. The lowest BCUT2D eigenvalue weighted by atomic mass is 10.0. The van der Waals surface area contributed by atoms with Crippen molar-refractivity contribution in [3.05, 3.63) is 35.4 Å². The number of hydrogen-bond acceptors (Lipinski definition) is 0. The smallest absolute Gasteiger partial charge is 0.0319 e. The third-order valence-electron chi connectivity index (χ3n) is 1.47. The molecule has 0 saturated carbocycles. The van der Waals surface area contributed by atoms with Crippen LogP contribution >= 0.6 is 0 Å². The first-order chi connectivity index (χ1) is 5.94. The van der Waals surface area contributed by atoms with Crippen molar-refractivity contribution in [2.45, 2.75) is 27.1 Å². The maximum Gasteiger partial charge on any atom is 0.0319 e. The molecule has 0 N–H and O–H groups in total. The summed E-state index contributed by atoms with van der Waals surface area (Å²) in [5.41, 5.74) is 1.89. The van der Waals surface area contributed by atoms with Crippen LogP contribution < -0.4 is 0 Å². The molecule has 0 fully saturated rings. The molecule has 0 unspecified atom stereocenters. The summed E-state index contributed by atoms with van der Waals surface area (Å²) in [6.45, 7) is 5.80. The van der Waals surface area contributed by atoms with Crippen LogP contribution in [0.25, 0.3) is 0 Å². The van der Waals surface area contributed by atoms with Gasteiger partial charge in [-0.1, -0.05) is 43.7 Å². The van der Waals surface area contributed by atoms with Gasteiger partial charge in [-0.15, -0.1) is 0 Å². The molecule has 0 spiro atoms. The van der Waals surface area contributed by atoms with Crippen molar-refractivity contribution in [1.29, 1.82) is 0 Å². The molecule has 1 aromatic carbocycles. The van der Waals surface area contributed by atoms with Gasteiger partial charge in [0.05, 0.1) is 0 Å². The van der Waals surface area contributed by atoms with Gasteiger partial charge in [-0.25, -0.2) is 0 Å². The molecule has 0 atom stereocenters. The van der Waals surface area contributed by atoms with Gasteiger partial charge in [-0.05, 0) is 24.8 Å². The maximum atomic E-state index is 7.89. The minimum Gasteiger partial charge on any atom is -0.0625 e. The van der Waals surface area contributed by atoms with Crippen molar-refractivity contribution in [3.8, 4) is 0 Å². The Labute approximate surface area is 72.1 Å². The summed E-state index contributed by atoms with van der Waals surface area (Å²) in [6.07, 6.45) is -1.22. The molecule has 0 radical (unpaired) electrons. The summed E-state index contributed by atoms with van der Waals surface area (Å²) in [4.78, 5) is 0. The molecule has 0 aromatic heterocycles. The van der Waals surface area contributed by atoms with Gasteiger partial charge in [0.1, 0.15) is 0 Å². The van der Waals surface area contributed by atoms with E-state index in [1.54, 1.807) is 0 Å². The maximum absolute atomic E-state index is 7.89. The molecule has 11 heavy (non-hydrogen) atoms. The van der Waals surface area contributed by atoms with Gasteiger partial charge < -0.3 is 0 Å². The van der Waals surface area contributed by atoms with E-state index in [1.807, 2.05) is 45.0 Å². The summed E-state index contributed by atoms with van der Waals surface area (Å²) >= 11 is 0. The van der Waals surface area contributed by atoms with Crippen LogP contribution in [0, 0.1) is 12.8 Å². The van der Waals surface area contributed by atoms with Crippen LogP contribution in [0.4, 0.5) is 0 Å². The van der Waals surface area contributed by atoms with Gasteiger partial charge in [0, 0.05) is 2.74 Å². The lowest BCUT2D eigenvalue weighted by molar-refractivity contribution is 0.647. The predicted molar refractivity (Wildman–Crippen MR) is 49.7 cm³/mol. The summed E-state index contributed by atoms with van der Waals surface area (Å²) in [5, 5.41) is 0. The average Bonchev–Trinajstić information content (AvgIpc) is 2.04. The third kappa shape index (κ3) is 2.75. The van der Waals surface area contributed by atoms with E-state index in [0.29, 0.717) is 0 Å². The largest absolute Gasteiger partial charge is 0.0625 e. The second-order valence-corrected chi connectivity index (χ2v) is 3.17. The van der Waals surface area contributed by atoms with Gasteiger partial charge in [0.15, 0.2) is 0 Å². The van der Waals surface area contributed by atoms with Gasteiger partial charge >= 0.3 is 0 Å². The number of rotatable bonds is 2. The molecule has 60 valence electrons. The van der Waals surface area contributed by atoms with E-state index < -0.39 is 6.37 Å². The van der Waals surface area contributed by atoms with Gasteiger partial charge in [-0.2, -0.15) is 0 Å². The highest BCUT2D eigenvalue weighted by molar-refractivity contribution is 5.22. The Hall–Kier alpha value is -0.780. The lowest BCUT2D eigenvalue weighted by Crippen LogP contribution is -1.93. The predicted octanol–water partition coefficient (Wildman–Crippen LogP) is 3.19. The van der Waals surface area contributed by atoms with Crippen molar-refractivity contribution in [3.63, 3.8) is 0 Å². The molecule has 0 bridgehead atoms. The zero-order chi connectivity index (χ0) is 10.1. The Balaban J connectivity index is 3.07. The second kappa shape index (κ2) is 3.56. The normalized spacial score (nSPS) is 14.5.